The third-order valence-electron chi connectivity index (χ3n) is 4.92. The molecule has 1 unspecified atom stereocenters. The number of rotatable bonds is 4. The zero-order valence-corrected chi connectivity index (χ0v) is 14.5. The van der Waals surface area contributed by atoms with E-state index in [9.17, 15) is 9.59 Å². The molecule has 0 radical (unpaired) electrons. The average Bonchev–Trinajstić information content (AvgIpc) is 3.14. The van der Waals surface area contributed by atoms with E-state index >= 15 is 0 Å². The number of hydrogen-bond acceptors (Lipinski definition) is 4. The Morgan fingerprint density at radius 1 is 1.27 bits per heavy atom. The number of hydrogen-bond donors (Lipinski definition) is 2. The number of piperidine rings is 1. The minimum atomic E-state index is -0.158. The second-order valence-electron chi connectivity index (χ2n) is 6.80. The molecule has 3 heterocycles. The van der Waals surface area contributed by atoms with Crippen molar-refractivity contribution in [2.45, 2.75) is 19.3 Å². The molecule has 2 aliphatic rings. The van der Waals surface area contributed by atoms with Crippen molar-refractivity contribution in [2.75, 3.05) is 19.7 Å². The highest BCUT2D eigenvalue weighted by molar-refractivity contribution is 5.95. The fraction of sp³-hybridized carbons (Fsp3) is 0.350. The van der Waals surface area contributed by atoms with Gasteiger partial charge in [0.05, 0.1) is 12.2 Å². The number of ether oxygens (including phenoxy) is 1. The number of pyridine rings is 1. The molecule has 26 heavy (non-hydrogen) atoms. The van der Waals surface area contributed by atoms with E-state index in [1.54, 1.807) is 12.4 Å². The van der Waals surface area contributed by atoms with E-state index in [4.69, 9.17) is 4.74 Å². The lowest BCUT2D eigenvalue weighted by Gasteiger charge is -2.22. The number of carbonyl (C=O) groups excluding carboxylic acids is 2. The van der Waals surface area contributed by atoms with Crippen molar-refractivity contribution >= 4 is 11.8 Å². The Bertz CT molecular complexity index is 850. The van der Waals surface area contributed by atoms with Crippen LogP contribution < -0.4 is 15.4 Å². The van der Waals surface area contributed by atoms with Crippen molar-refractivity contribution in [1.82, 2.24) is 15.6 Å². The van der Waals surface area contributed by atoms with Crippen LogP contribution in [0, 0.1) is 5.92 Å². The SMILES string of the molecule is O=C1CC(CNC(=O)c2cncc(-c3ccc4c(c3)CCO4)c2)CCN1. The highest BCUT2D eigenvalue weighted by Crippen LogP contribution is 2.30. The average molecular weight is 351 g/mol. The van der Waals surface area contributed by atoms with Gasteiger partial charge in [-0.2, -0.15) is 0 Å². The first-order valence-electron chi connectivity index (χ1n) is 8.95. The maximum atomic E-state index is 12.5. The molecule has 1 atom stereocenters. The summed E-state index contributed by atoms with van der Waals surface area (Å²) in [4.78, 5) is 28.1. The van der Waals surface area contributed by atoms with E-state index in [1.165, 1.54) is 5.56 Å². The lowest BCUT2D eigenvalue weighted by molar-refractivity contribution is -0.123. The Kier molecular flexibility index (Phi) is 4.56. The van der Waals surface area contributed by atoms with E-state index in [-0.39, 0.29) is 17.7 Å². The number of amides is 2. The quantitative estimate of drug-likeness (QED) is 0.882. The molecule has 1 fully saturated rings. The van der Waals surface area contributed by atoms with Crippen LogP contribution in [0.1, 0.15) is 28.8 Å². The van der Waals surface area contributed by atoms with Gasteiger partial charge in [0.15, 0.2) is 0 Å². The zero-order valence-electron chi connectivity index (χ0n) is 14.5. The van der Waals surface area contributed by atoms with Crippen LogP contribution in [-0.2, 0) is 11.2 Å². The molecule has 2 N–H and O–H groups in total. The molecule has 0 aliphatic carbocycles. The van der Waals surface area contributed by atoms with E-state index in [1.807, 2.05) is 18.2 Å². The van der Waals surface area contributed by atoms with Crippen LogP contribution in [0.25, 0.3) is 11.1 Å². The molecule has 134 valence electrons. The predicted octanol–water partition coefficient (Wildman–Crippen LogP) is 1.94. The highest BCUT2D eigenvalue weighted by atomic mass is 16.5. The molecule has 4 rings (SSSR count). The predicted molar refractivity (Wildman–Crippen MR) is 96.9 cm³/mol. The van der Waals surface area contributed by atoms with Crippen LogP contribution in [0.5, 0.6) is 5.75 Å². The van der Waals surface area contributed by atoms with Crippen molar-refractivity contribution in [2.24, 2.45) is 5.92 Å². The maximum Gasteiger partial charge on any atom is 0.252 e. The molecule has 1 aromatic carbocycles. The van der Waals surface area contributed by atoms with Crippen LogP contribution in [0.15, 0.2) is 36.7 Å². The molecule has 0 spiro atoms. The minimum Gasteiger partial charge on any atom is -0.493 e. The van der Waals surface area contributed by atoms with E-state index in [2.05, 4.69) is 21.7 Å². The van der Waals surface area contributed by atoms with Gasteiger partial charge in [0, 0.05) is 43.9 Å². The highest BCUT2D eigenvalue weighted by Gasteiger charge is 2.20. The second kappa shape index (κ2) is 7.15. The van der Waals surface area contributed by atoms with Crippen molar-refractivity contribution < 1.29 is 14.3 Å². The number of carbonyl (C=O) groups is 2. The Labute approximate surface area is 152 Å². The molecule has 6 nitrogen and oxygen atoms in total. The van der Waals surface area contributed by atoms with Gasteiger partial charge in [-0.25, -0.2) is 0 Å². The van der Waals surface area contributed by atoms with Crippen molar-refractivity contribution in [1.29, 1.82) is 0 Å². The Balaban J connectivity index is 1.45. The summed E-state index contributed by atoms with van der Waals surface area (Å²) in [7, 11) is 0. The van der Waals surface area contributed by atoms with Crippen molar-refractivity contribution in [3.05, 3.63) is 47.8 Å². The summed E-state index contributed by atoms with van der Waals surface area (Å²) in [5, 5.41) is 5.73. The van der Waals surface area contributed by atoms with Crippen LogP contribution in [0.3, 0.4) is 0 Å². The molecular weight excluding hydrogens is 330 g/mol. The molecule has 1 saturated heterocycles. The van der Waals surface area contributed by atoms with Crippen LogP contribution in [0.4, 0.5) is 0 Å². The standard InChI is InChI=1S/C20H21N3O3/c24-19-7-13(3-5-22-19)10-23-20(25)17-9-16(11-21-12-17)14-1-2-18-15(8-14)4-6-26-18/h1-2,8-9,11-13H,3-7,10H2,(H,22,24)(H,23,25). The molecule has 2 amide bonds. The summed E-state index contributed by atoms with van der Waals surface area (Å²) in [6.07, 6.45) is 5.60. The van der Waals surface area contributed by atoms with Gasteiger partial charge in [0.25, 0.3) is 5.91 Å². The summed E-state index contributed by atoms with van der Waals surface area (Å²) < 4.78 is 5.54. The summed E-state index contributed by atoms with van der Waals surface area (Å²) in [5.74, 6) is 1.03. The van der Waals surface area contributed by atoms with E-state index in [0.29, 0.717) is 25.1 Å². The first-order chi connectivity index (χ1) is 12.7. The summed E-state index contributed by atoms with van der Waals surface area (Å²) in [5.41, 5.74) is 3.65. The number of benzene rings is 1. The lowest BCUT2D eigenvalue weighted by Crippen LogP contribution is -2.39. The number of nitrogens with zero attached hydrogens (tertiary/aromatic N) is 1. The summed E-state index contributed by atoms with van der Waals surface area (Å²) in [6.45, 7) is 1.91. The maximum absolute atomic E-state index is 12.5. The largest absolute Gasteiger partial charge is 0.493 e. The number of aromatic nitrogens is 1. The third kappa shape index (κ3) is 3.54. The van der Waals surface area contributed by atoms with Gasteiger partial charge in [-0.1, -0.05) is 6.07 Å². The van der Waals surface area contributed by atoms with Crippen molar-refractivity contribution in [3.8, 4) is 16.9 Å². The first kappa shape index (κ1) is 16.6. The molecule has 2 aromatic rings. The smallest absolute Gasteiger partial charge is 0.252 e. The fourth-order valence-electron chi connectivity index (χ4n) is 3.45. The van der Waals surface area contributed by atoms with Gasteiger partial charge in [0.2, 0.25) is 5.91 Å². The van der Waals surface area contributed by atoms with Gasteiger partial charge >= 0.3 is 0 Å². The molecule has 0 saturated carbocycles. The molecule has 0 bridgehead atoms. The van der Waals surface area contributed by atoms with Gasteiger partial charge in [-0.3, -0.25) is 14.6 Å². The van der Waals surface area contributed by atoms with Gasteiger partial charge in [-0.05, 0) is 41.7 Å². The molecule has 1 aromatic heterocycles. The van der Waals surface area contributed by atoms with Gasteiger partial charge < -0.3 is 15.4 Å². The van der Waals surface area contributed by atoms with E-state index < -0.39 is 0 Å². The van der Waals surface area contributed by atoms with Crippen LogP contribution in [-0.4, -0.2) is 36.5 Å². The van der Waals surface area contributed by atoms with E-state index in [0.717, 1.165) is 36.3 Å². The lowest BCUT2D eigenvalue weighted by atomic mass is 9.97. The Morgan fingerprint density at radius 3 is 3.08 bits per heavy atom. The number of fused-ring (bicyclic) bond motifs is 1. The minimum absolute atomic E-state index is 0.0553. The molecule has 2 aliphatic heterocycles. The van der Waals surface area contributed by atoms with Crippen LogP contribution >= 0.6 is 0 Å². The molecular formula is C20H21N3O3. The van der Waals surface area contributed by atoms with Gasteiger partial charge in [-0.15, -0.1) is 0 Å². The Morgan fingerprint density at radius 2 is 2.19 bits per heavy atom. The monoisotopic (exact) mass is 351 g/mol. The summed E-state index contributed by atoms with van der Waals surface area (Å²) >= 11 is 0. The number of nitrogens with one attached hydrogen (secondary N) is 2. The third-order valence-corrected chi connectivity index (χ3v) is 4.92. The Hall–Kier alpha value is -2.89. The summed E-state index contributed by atoms with van der Waals surface area (Å²) in [6, 6.07) is 7.91. The van der Waals surface area contributed by atoms with Gasteiger partial charge in [0.1, 0.15) is 5.75 Å². The fourth-order valence-corrected chi connectivity index (χ4v) is 3.45. The molecule has 6 heteroatoms. The topological polar surface area (TPSA) is 80.3 Å². The zero-order chi connectivity index (χ0) is 17.9. The van der Waals surface area contributed by atoms with Crippen LogP contribution in [0.2, 0.25) is 0 Å². The normalized spacial score (nSPS) is 18.6. The second-order valence-corrected chi connectivity index (χ2v) is 6.80. The first-order valence-corrected chi connectivity index (χ1v) is 8.95. The van der Waals surface area contributed by atoms with Crippen molar-refractivity contribution in [3.63, 3.8) is 0 Å².